The maximum Gasteiger partial charge on any atom is 0.309 e. The summed E-state index contributed by atoms with van der Waals surface area (Å²) in [4.78, 5) is 29.6. The van der Waals surface area contributed by atoms with Gasteiger partial charge in [0.05, 0.1) is 11.1 Å². The molecule has 0 radical (unpaired) electrons. The van der Waals surface area contributed by atoms with Gasteiger partial charge >= 0.3 is 5.97 Å². The number of anilines is 1. The molecule has 0 spiro atoms. The maximum atomic E-state index is 13.2. The second-order valence-corrected chi connectivity index (χ2v) is 9.09. The molecule has 158 valence electrons. The third-order valence-electron chi connectivity index (χ3n) is 5.94. The molecule has 3 rings (SSSR count). The van der Waals surface area contributed by atoms with Gasteiger partial charge in [-0.1, -0.05) is 50.2 Å². The van der Waals surface area contributed by atoms with Crippen LogP contribution in [0, 0.1) is 16.2 Å². The molecule has 6 nitrogen and oxygen atoms in total. The van der Waals surface area contributed by atoms with Gasteiger partial charge in [-0.2, -0.15) is 0 Å². The number of hydrogen-bond donors (Lipinski definition) is 2. The number of benzene rings is 2. The second kappa shape index (κ2) is 7.94. The molecule has 30 heavy (non-hydrogen) atoms. The van der Waals surface area contributed by atoms with E-state index >= 15 is 0 Å². The predicted octanol–water partition coefficient (Wildman–Crippen LogP) is 4.00. The minimum Gasteiger partial charge on any atom is -0.861 e. The van der Waals surface area contributed by atoms with Crippen LogP contribution in [0.1, 0.15) is 40.0 Å². The molecular weight excluding hydrogens is 380 g/mol. The Morgan fingerprint density at radius 3 is 1.93 bits per heavy atom. The molecule has 3 atom stereocenters. The largest absolute Gasteiger partial charge is 0.861 e. The minimum atomic E-state index is -1.22. The number of para-hydroxylation sites is 2. The smallest absolute Gasteiger partial charge is 0.309 e. The Balaban J connectivity index is 1.97. The first-order valence-electron chi connectivity index (χ1n) is 9.98. The van der Waals surface area contributed by atoms with Crippen LogP contribution in [0.4, 0.5) is 11.4 Å². The molecule has 2 aromatic rings. The topological polar surface area (TPSA) is 102 Å². The van der Waals surface area contributed by atoms with E-state index in [-0.39, 0.29) is 25.2 Å². The van der Waals surface area contributed by atoms with Crippen molar-refractivity contribution in [3.63, 3.8) is 0 Å². The van der Waals surface area contributed by atoms with Crippen LogP contribution in [-0.2, 0) is 9.59 Å². The van der Waals surface area contributed by atoms with Crippen LogP contribution in [0.25, 0.3) is 0 Å². The molecule has 0 heterocycles. The summed E-state index contributed by atoms with van der Waals surface area (Å²) in [6, 6.07) is 17.9. The number of amides is 1. The number of carboxylic acids is 1. The van der Waals surface area contributed by atoms with Gasteiger partial charge in [0, 0.05) is 11.1 Å². The first kappa shape index (κ1) is 21.6. The summed E-state index contributed by atoms with van der Waals surface area (Å²) in [7, 11) is 0. The fourth-order valence-corrected chi connectivity index (χ4v) is 4.79. The third kappa shape index (κ3) is 4.37. The molecule has 1 fully saturated rings. The predicted molar refractivity (Wildman–Crippen MR) is 114 cm³/mol. The highest BCUT2D eigenvalue weighted by atomic mass is 16.4. The number of rotatable bonds is 5. The van der Waals surface area contributed by atoms with Crippen LogP contribution in [0.3, 0.4) is 0 Å². The lowest BCUT2D eigenvalue weighted by molar-refractivity contribution is -0.236. The van der Waals surface area contributed by atoms with Gasteiger partial charge in [0.2, 0.25) is 5.91 Å². The van der Waals surface area contributed by atoms with Crippen molar-refractivity contribution in [1.29, 1.82) is 0 Å². The Morgan fingerprint density at radius 1 is 0.867 bits per heavy atom. The van der Waals surface area contributed by atoms with Crippen molar-refractivity contribution in [2.75, 3.05) is 5.32 Å². The Kier molecular flexibility index (Phi) is 5.70. The van der Waals surface area contributed by atoms with E-state index < -0.39 is 28.1 Å². The van der Waals surface area contributed by atoms with E-state index in [1.807, 2.05) is 24.3 Å². The Hall–Kier alpha value is -3.15. The van der Waals surface area contributed by atoms with Gasteiger partial charge in [-0.25, -0.2) is 0 Å². The molecule has 2 N–H and O–H groups in total. The molecule has 1 aliphatic carbocycles. The van der Waals surface area contributed by atoms with Crippen molar-refractivity contribution in [1.82, 2.24) is 0 Å². The van der Waals surface area contributed by atoms with Crippen LogP contribution >= 0.6 is 0 Å². The molecule has 0 aromatic heterocycles. The van der Waals surface area contributed by atoms with Gasteiger partial charge in [0.1, 0.15) is 0 Å². The Morgan fingerprint density at radius 2 is 1.37 bits per heavy atom. The molecular formula is C24H27N2O4-. The molecule has 0 aliphatic heterocycles. The summed E-state index contributed by atoms with van der Waals surface area (Å²) < 4.78 is 0. The standard InChI is InChI=1S/C24H28N2O4/c1-22(19(27)25-17-10-6-4-7-11-17)14-23(2,16-24(3,15-22)21(29)30)20(28)26-18-12-8-5-9-13-18/h4-13H,14-16H2,1-3H3,(H,25,27)(H,26,28)(H,29,30)/p-1/t22-,23-/m0/s1. The number of hydrogen-bond acceptors (Lipinski definition) is 4. The summed E-state index contributed by atoms with van der Waals surface area (Å²) in [6.07, 6.45) is 0.484. The van der Waals surface area contributed by atoms with Crippen LogP contribution in [0.5, 0.6) is 0 Å². The van der Waals surface area contributed by atoms with E-state index in [9.17, 15) is 19.8 Å². The zero-order chi connectivity index (χ0) is 22.0. The van der Waals surface area contributed by atoms with Gasteiger partial charge < -0.3 is 15.5 Å². The summed E-state index contributed by atoms with van der Waals surface area (Å²) in [5, 5.41) is 26.0. The number of aliphatic carboxylic acids is 1. The maximum absolute atomic E-state index is 13.2. The first-order valence-corrected chi connectivity index (χ1v) is 9.98. The minimum absolute atomic E-state index is 0.124. The van der Waals surface area contributed by atoms with Crippen LogP contribution in [-0.4, -0.2) is 22.9 Å². The summed E-state index contributed by atoms with van der Waals surface area (Å²) in [5.41, 5.74) is -2.20. The quantitative estimate of drug-likeness (QED) is 0.578. The normalized spacial score (nSPS) is 29.2. The third-order valence-corrected chi connectivity index (χ3v) is 5.94. The number of nitrogens with zero attached hydrogens (tertiary/aromatic N) is 1. The van der Waals surface area contributed by atoms with Gasteiger partial charge in [-0.05, 0) is 61.8 Å². The van der Waals surface area contributed by atoms with Gasteiger partial charge in [0.15, 0.2) is 0 Å². The van der Waals surface area contributed by atoms with Crippen molar-refractivity contribution in [2.24, 2.45) is 21.2 Å². The fourth-order valence-electron chi connectivity index (χ4n) is 4.79. The van der Waals surface area contributed by atoms with Crippen molar-refractivity contribution in [3.05, 3.63) is 60.7 Å². The monoisotopic (exact) mass is 407 g/mol. The number of carboxylic acid groups (broad SMARTS) is 1. The second-order valence-electron chi connectivity index (χ2n) is 9.09. The lowest BCUT2D eigenvalue weighted by atomic mass is 9.54. The number of carbonyl (C=O) groups excluding carboxylic acids is 1. The number of aliphatic imine (C=N–C) groups is 1. The van der Waals surface area contributed by atoms with Crippen LogP contribution < -0.4 is 10.4 Å². The average Bonchev–Trinajstić information content (AvgIpc) is 2.68. The van der Waals surface area contributed by atoms with E-state index in [1.165, 1.54) is 0 Å². The lowest BCUT2D eigenvalue weighted by Gasteiger charge is -2.52. The van der Waals surface area contributed by atoms with Crippen LogP contribution in [0.15, 0.2) is 65.7 Å². The van der Waals surface area contributed by atoms with E-state index in [0.29, 0.717) is 11.4 Å². The van der Waals surface area contributed by atoms with E-state index in [0.717, 1.165) is 0 Å². The summed E-state index contributed by atoms with van der Waals surface area (Å²) >= 11 is 0. The summed E-state index contributed by atoms with van der Waals surface area (Å²) in [6.45, 7) is 5.06. The van der Waals surface area contributed by atoms with E-state index in [4.69, 9.17) is 0 Å². The number of carbonyl (C=O) groups is 2. The lowest BCUT2D eigenvalue weighted by Crippen LogP contribution is -2.55. The first-order chi connectivity index (χ1) is 14.1. The molecule has 0 bridgehead atoms. The zero-order valence-electron chi connectivity index (χ0n) is 17.5. The van der Waals surface area contributed by atoms with Crippen molar-refractivity contribution in [3.8, 4) is 0 Å². The molecule has 1 aliphatic rings. The SMILES string of the molecule is CC1(C(=O)O)C[C@@](C)(C(=O)Nc2ccccc2)C[C@](C)(C([O-])=Nc2ccccc2)C1. The molecule has 2 aromatic carbocycles. The zero-order valence-corrected chi connectivity index (χ0v) is 17.5. The molecule has 1 unspecified atom stereocenters. The fraction of sp³-hybridized carbons (Fsp3) is 0.375. The van der Waals surface area contributed by atoms with E-state index in [2.05, 4.69) is 10.3 Å². The van der Waals surface area contributed by atoms with Crippen molar-refractivity contribution in [2.45, 2.75) is 40.0 Å². The van der Waals surface area contributed by atoms with Gasteiger partial charge in [0.25, 0.3) is 0 Å². The molecule has 1 saturated carbocycles. The van der Waals surface area contributed by atoms with Gasteiger partial charge in [-0.15, -0.1) is 0 Å². The van der Waals surface area contributed by atoms with Crippen LogP contribution in [0.2, 0.25) is 0 Å². The molecule has 0 saturated heterocycles. The van der Waals surface area contributed by atoms with Crippen molar-refractivity contribution < 1.29 is 19.8 Å². The average molecular weight is 407 g/mol. The highest BCUT2D eigenvalue weighted by Gasteiger charge is 2.55. The van der Waals surface area contributed by atoms with Crippen molar-refractivity contribution >= 4 is 29.1 Å². The van der Waals surface area contributed by atoms with Gasteiger partial charge in [-0.3, -0.25) is 14.6 Å². The summed E-state index contributed by atoms with van der Waals surface area (Å²) in [5.74, 6) is -1.71. The number of nitrogens with one attached hydrogen (secondary N) is 1. The Labute approximate surface area is 176 Å². The Bertz CT molecular complexity index is 960. The highest BCUT2D eigenvalue weighted by Crippen LogP contribution is 2.55. The molecule has 1 amide bonds. The van der Waals surface area contributed by atoms with E-state index in [1.54, 1.807) is 57.2 Å². The highest BCUT2D eigenvalue weighted by molar-refractivity contribution is 5.97. The molecule has 6 heteroatoms.